The number of piperidine rings is 1. The van der Waals surface area contributed by atoms with Crippen LogP contribution in [0, 0.1) is 19.8 Å². The Labute approximate surface area is 180 Å². The first-order valence-electron chi connectivity index (χ1n) is 11.0. The third-order valence-corrected chi connectivity index (χ3v) is 6.32. The molecule has 1 aromatic carbocycles. The van der Waals surface area contributed by atoms with Crippen molar-refractivity contribution in [3.05, 3.63) is 83.2 Å². The van der Waals surface area contributed by atoms with Gasteiger partial charge in [-0.25, -0.2) is 4.98 Å². The largest absolute Gasteiger partial charge is 0.348 e. The van der Waals surface area contributed by atoms with E-state index in [9.17, 15) is 0 Å². The Morgan fingerprint density at radius 3 is 2.60 bits per heavy atom. The van der Waals surface area contributed by atoms with E-state index in [2.05, 4.69) is 68.9 Å². The summed E-state index contributed by atoms with van der Waals surface area (Å²) in [6, 6.07) is 13.0. The van der Waals surface area contributed by atoms with E-state index in [1.165, 1.54) is 48.3 Å². The number of benzene rings is 1. The Morgan fingerprint density at radius 2 is 1.90 bits per heavy atom. The molecule has 5 nitrogen and oxygen atoms in total. The van der Waals surface area contributed by atoms with Gasteiger partial charge in [-0.05, 0) is 68.5 Å². The van der Waals surface area contributed by atoms with Crippen LogP contribution in [0.25, 0.3) is 0 Å². The molecule has 0 aliphatic carbocycles. The molecule has 30 heavy (non-hydrogen) atoms. The SMILES string of the molecule is Cc1ccccc1CN1CCC(CN(Cc2cccnc2)Cc2nc[nH]c2C)CC1. The van der Waals surface area contributed by atoms with Crippen molar-refractivity contribution in [2.24, 2.45) is 5.92 Å². The highest BCUT2D eigenvalue weighted by molar-refractivity contribution is 5.25. The monoisotopic (exact) mass is 403 g/mol. The van der Waals surface area contributed by atoms with Gasteiger partial charge in [-0.1, -0.05) is 30.3 Å². The molecule has 3 heterocycles. The summed E-state index contributed by atoms with van der Waals surface area (Å²) >= 11 is 0. The average Bonchev–Trinajstić information content (AvgIpc) is 3.16. The first-order chi connectivity index (χ1) is 14.7. The summed E-state index contributed by atoms with van der Waals surface area (Å²) in [6.45, 7) is 10.7. The molecule has 0 amide bonds. The van der Waals surface area contributed by atoms with E-state index >= 15 is 0 Å². The maximum absolute atomic E-state index is 4.54. The minimum absolute atomic E-state index is 0.731. The second-order valence-electron chi connectivity index (χ2n) is 8.65. The zero-order chi connectivity index (χ0) is 20.8. The molecule has 1 aliphatic heterocycles. The van der Waals surface area contributed by atoms with Crippen LogP contribution in [0.1, 0.15) is 40.9 Å². The maximum Gasteiger partial charge on any atom is 0.0925 e. The molecule has 5 heteroatoms. The molecule has 0 bridgehead atoms. The highest BCUT2D eigenvalue weighted by atomic mass is 15.2. The predicted octanol–water partition coefficient (Wildman–Crippen LogP) is 4.34. The van der Waals surface area contributed by atoms with Crippen molar-refractivity contribution in [1.29, 1.82) is 0 Å². The Hall–Kier alpha value is -2.50. The van der Waals surface area contributed by atoms with Gasteiger partial charge in [0, 0.05) is 44.3 Å². The first-order valence-corrected chi connectivity index (χ1v) is 11.0. The fourth-order valence-electron chi connectivity index (χ4n) is 4.41. The molecular formula is C25H33N5. The number of H-pyrrole nitrogens is 1. The van der Waals surface area contributed by atoms with Gasteiger partial charge < -0.3 is 4.98 Å². The highest BCUT2D eigenvalue weighted by Crippen LogP contribution is 2.23. The van der Waals surface area contributed by atoms with Crippen LogP contribution in [-0.4, -0.2) is 44.4 Å². The summed E-state index contributed by atoms with van der Waals surface area (Å²) in [7, 11) is 0. The third kappa shape index (κ3) is 5.55. The molecule has 0 spiro atoms. The number of nitrogens with zero attached hydrogens (tertiary/aromatic N) is 4. The lowest BCUT2D eigenvalue weighted by Gasteiger charge is -2.35. The number of hydrogen-bond donors (Lipinski definition) is 1. The number of likely N-dealkylation sites (tertiary alicyclic amines) is 1. The average molecular weight is 404 g/mol. The van der Waals surface area contributed by atoms with E-state index in [4.69, 9.17) is 0 Å². The van der Waals surface area contributed by atoms with Crippen LogP contribution in [0.5, 0.6) is 0 Å². The van der Waals surface area contributed by atoms with Crippen molar-refractivity contribution in [3.8, 4) is 0 Å². The summed E-state index contributed by atoms with van der Waals surface area (Å²) in [5, 5.41) is 0. The van der Waals surface area contributed by atoms with E-state index in [0.717, 1.165) is 37.8 Å². The predicted molar refractivity (Wildman–Crippen MR) is 121 cm³/mol. The molecule has 3 aromatic rings. The minimum Gasteiger partial charge on any atom is -0.348 e. The summed E-state index contributed by atoms with van der Waals surface area (Å²) in [5.41, 5.74) is 6.44. The van der Waals surface area contributed by atoms with Gasteiger partial charge in [0.2, 0.25) is 0 Å². The standard InChI is InChI=1S/C25H33N5/c1-20-6-3-4-8-24(20)17-29-12-9-22(10-13-29)15-30(16-23-7-5-11-26-14-23)18-25-21(2)27-19-28-25/h3-8,11,14,19,22H,9-10,12-13,15-18H2,1-2H3,(H,27,28). The number of aryl methyl sites for hydroxylation is 2. The number of pyridine rings is 1. The van der Waals surface area contributed by atoms with E-state index < -0.39 is 0 Å². The second-order valence-corrected chi connectivity index (χ2v) is 8.65. The summed E-state index contributed by atoms with van der Waals surface area (Å²) in [6.07, 6.45) is 8.14. The molecule has 1 N–H and O–H groups in total. The van der Waals surface area contributed by atoms with Crippen LogP contribution in [-0.2, 0) is 19.6 Å². The topological polar surface area (TPSA) is 48.1 Å². The van der Waals surface area contributed by atoms with Gasteiger partial charge in [0.05, 0.1) is 12.0 Å². The lowest BCUT2D eigenvalue weighted by molar-refractivity contribution is 0.131. The zero-order valence-corrected chi connectivity index (χ0v) is 18.2. The first kappa shape index (κ1) is 20.8. The van der Waals surface area contributed by atoms with Crippen LogP contribution >= 0.6 is 0 Å². The molecule has 1 fully saturated rings. The van der Waals surface area contributed by atoms with Crippen LogP contribution in [0.4, 0.5) is 0 Å². The molecular weight excluding hydrogens is 370 g/mol. The quantitative estimate of drug-likeness (QED) is 0.608. The molecule has 0 atom stereocenters. The highest BCUT2D eigenvalue weighted by Gasteiger charge is 2.22. The lowest BCUT2D eigenvalue weighted by Crippen LogP contribution is -2.38. The van der Waals surface area contributed by atoms with E-state index in [0.29, 0.717) is 0 Å². The summed E-state index contributed by atoms with van der Waals surface area (Å²) < 4.78 is 0. The van der Waals surface area contributed by atoms with E-state index in [-0.39, 0.29) is 0 Å². The number of aromatic amines is 1. The van der Waals surface area contributed by atoms with Gasteiger partial charge in [-0.15, -0.1) is 0 Å². The van der Waals surface area contributed by atoms with Crippen molar-refractivity contribution >= 4 is 0 Å². The number of aromatic nitrogens is 3. The number of hydrogen-bond acceptors (Lipinski definition) is 4. The van der Waals surface area contributed by atoms with Crippen LogP contribution < -0.4 is 0 Å². The third-order valence-electron chi connectivity index (χ3n) is 6.32. The molecule has 4 rings (SSSR count). The van der Waals surface area contributed by atoms with Gasteiger partial charge >= 0.3 is 0 Å². The van der Waals surface area contributed by atoms with Gasteiger partial charge in [-0.2, -0.15) is 0 Å². The molecule has 1 aliphatic rings. The van der Waals surface area contributed by atoms with E-state index in [1.807, 2.05) is 18.5 Å². The van der Waals surface area contributed by atoms with Crippen molar-refractivity contribution in [2.45, 2.75) is 46.3 Å². The maximum atomic E-state index is 4.54. The van der Waals surface area contributed by atoms with Crippen molar-refractivity contribution < 1.29 is 0 Å². The number of imidazole rings is 1. The molecule has 0 radical (unpaired) electrons. The summed E-state index contributed by atoms with van der Waals surface area (Å²) in [5.74, 6) is 0.731. The molecule has 0 unspecified atom stereocenters. The van der Waals surface area contributed by atoms with Gasteiger partial charge in [0.25, 0.3) is 0 Å². The van der Waals surface area contributed by atoms with Gasteiger partial charge in [0.1, 0.15) is 0 Å². The second kappa shape index (κ2) is 10.0. The van der Waals surface area contributed by atoms with Crippen molar-refractivity contribution in [1.82, 2.24) is 24.8 Å². The minimum atomic E-state index is 0.731. The lowest BCUT2D eigenvalue weighted by atomic mass is 9.95. The normalized spacial score (nSPS) is 15.7. The molecule has 0 saturated carbocycles. The number of nitrogens with one attached hydrogen (secondary N) is 1. The Bertz CT molecular complexity index is 912. The van der Waals surface area contributed by atoms with Crippen molar-refractivity contribution in [3.63, 3.8) is 0 Å². The molecule has 2 aromatic heterocycles. The molecule has 158 valence electrons. The Morgan fingerprint density at radius 1 is 1.07 bits per heavy atom. The van der Waals surface area contributed by atoms with Gasteiger partial charge in [0.15, 0.2) is 0 Å². The van der Waals surface area contributed by atoms with Crippen LogP contribution in [0.2, 0.25) is 0 Å². The fraction of sp³-hybridized carbons (Fsp3) is 0.440. The fourth-order valence-corrected chi connectivity index (χ4v) is 4.41. The van der Waals surface area contributed by atoms with Crippen molar-refractivity contribution in [2.75, 3.05) is 19.6 Å². The smallest absolute Gasteiger partial charge is 0.0925 e. The summed E-state index contributed by atoms with van der Waals surface area (Å²) in [4.78, 5) is 17.2. The zero-order valence-electron chi connectivity index (χ0n) is 18.2. The van der Waals surface area contributed by atoms with E-state index in [1.54, 1.807) is 6.33 Å². The van der Waals surface area contributed by atoms with Crippen LogP contribution in [0.3, 0.4) is 0 Å². The Balaban J connectivity index is 1.35. The molecule has 1 saturated heterocycles. The van der Waals surface area contributed by atoms with Crippen LogP contribution in [0.15, 0.2) is 55.1 Å². The van der Waals surface area contributed by atoms with Gasteiger partial charge in [-0.3, -0.25) is 14.8 Å². The Kier molecular flexibility index (Phi) is 6.92. The number of rotatable bonds is 8.